The molecule has 4 heterocycles. The third kappa shape index (κ3) is 3.86. The minimum absolute atomic E-state index is 0.263. The van der Waals surface area contributed by atoms with E-state index >= 15 is 0 Å². The molecule has 0 saturated heterocycles. The van der Waals surface area contributed by atoms with Crippen molar-refractivity contribution in [1.29, 1.82) is 0 Å². The predicted molar refractivity (Wildman–Crippen MR) is 110 cm³/mol. The summed E-state index contributed by atoms with van der Waals surface area (Å²) in [6.45, 7) is 2.09. The van der Waals surface area contributed by atoms with Crippen molar-refractivity contribution in [3.8, 4) is 11.3 Å². The molecule has 4 aromatic heterocycles. The van der Waals surface area contributed by atoms with Crippen molar-refractivity contribution in [2.45, 2.75) is 13.3 Å². The van der Waals surface area contributed by atoms with Crippen LogP contribution in [0.25, 0.3) is 33.3 Å². The summed E-state index contributed by atoms with van der Waals surface area (Å²) in [6.07, 6.45) is 7.32. The summed E-state index contributed by atoms with van der Waals surface area (Å²) >= 11 is 0. The van der Waals surface area contributed by atoms with Gasteiger partial charge in [0.25, 0.3) is 0 Å². The fourth-order valence-electron chi connectivity index (χ4n) is 2.99. The number of hydrogen-bond donors (Lipinski definition) is 2. The first kappa shape index (κ1) is 18.4. The second-order valence-electron chi connectivity index (χ2n) is 6.29. The lowest BCUT2D eigenvalue weighted by molar-refractivity contribution is 0.629. The zero-order chi connectivity index (χ0) is 20.2. The molecule has 0 radical (unpaired) electrons. The van der Waals surface area contributed by atoms with Gasteiger partial charge >= 0.3 is 0 Å². The van der Waals surface area contributed by atoms with Gasteiger partial charge in [-0.2, -0.15) is 0 Å². The predicted octanol–water partition coefficient (Wildman–Crippen LogP) is 3.93. The van der Waals surface area contributed by atoms with Crippen molar-refractivity contribution >= 4 is 27.9 Å². The van der Waals surface area contributed by atoms with E-state index < -0.39 is 0 Å². The number of aromatic nitrogens is 6. The van der Waals surface area contributed by atoms with Crippen LogP contribution in [0.3, 0.4) is 0 Å². The first-order chi connectivity index (χ1) is 14.2. The Morgan fingerprint density at radius 2 is 2.00 bits per heavy atom. The van der Waals surface area contributed by atoms with Crippen molar-refractivity contribution in [2.24, 2.45) is 0 Å². The standard InChI is InChI=1S/C16H13FN2.C5H5N5/c1-2-11-8-12-5-6-14(17)9-15(12)19-16(11)13-4-3-7-18-10-13;6-4-3-5(9-1-7-3)10-2-8-4/h3-10H,2H2,1H3;1-2H,(H3,6,7,8,9,10). The molecule has 0 aliphatic carbocycles. The number of pyridine rings is 2. The number of anilines is 1. The summed E-state index contributed by atoms with van der Waals surface area (Å²) in [5.41, 5.74) is 10.4. The number of benzene rings is 1. The summed E-state index contributed by atoms with van der Waals surface area (Å²) in [7, 11) is 0. The van der Waals surface area contributed by atoms with Gasteiger partial charge in [0.05, 0.1) is 17.5 Å². The topological polar surface area (TPSA) is 106 Å². The normalized spacial score (nSPS) is 10.7. The van der Waals surface area contributed by atoms with E-state index in [4.69, 9.17) is 5.73 Å². The SMILES string of the molecule is CCc1cc2ccc(F)cc2nc1-c1cccnc1.Nc1ncnc2nc[nH]c12. The minimum Gasteiger partial charge on any atom is -0.382 e. The van der Waals surface area contributed by atoms with Gasteiger partial charge in [0.2, 0.25) is 0 Å². The first-order valence-electron chi connectivity index (χ1n) is 9.05. The smallest absolute Gasteiger partial charge is 0.182 e. The van der Waals surface area contributed by atoms with Gasteiger partial charge in [-0.25, -0.2) is 24.3 Å². The molecule has 0 fully saturated rings. The van der Waals surface area contributed by atoms with Crippen LogP contribution in [0, 0.1) is 5.82 Å². The van der Waals surface area contributed by atoms with Crippen LogP contribution in [0.5, 0.6) is 0 Å². The lowest BCUT2D eigenvalue weighted by Gasteiger charge is -2.09. The number of nitrogens with two attached hydrogens (primary N) is 1. The number of hydrogen-bond acceptors (Lipinski definition) is 6. The maximum absolute atomic E-state index is 13.3. The highest BCUT2D eigenvalue weighted by atomic mass is 19.1. The van der Waals surface area contributed by atoms with Crippen molar-refractivity contribution in [3.63, 3.8) is 0 Å². The molecule has 144 valence electrons. The quantitative estimate of drug-likeness (QED) is 0.475. The van der Waals surface area contributed by atoms with E-state index in [1.807, 2.05) is 12.1 Å². The van der Waals surface area contributed by atoms with Gasteiger partial charge in [0.1, 0.15) is 17.7 Å². The number of imidazole rings is 1. The Bertz CT molecular complexity index is 1270. The van der Waals surface area contributed by atoms with Gasteiger partial charge in [0.15, 0.2) is 11.5 Å². The molecule has 0 aliphatic rings. The number of halogens is 1. The Morgan fingerprint density at radius 1 is 1.10 bits per heavy atom. The van der Waals surface area contributed by atoms with E-state index in [-0.39, 0.29) is 5.82 Å². The molecule has 3 N–H and O–H groups in total. The number of nitrogens with zero attached hydrogens (tertiary/aromatic N) is 5. The van der Waals surface area contributed by atoms with Crippen LogP contribution in [0.15, 0.2) is 61.4 Å². The van der Waals surface area contributed by atoms with Gasteiger partial charge in [0, 0.05) is 29.4 Å². The molecular formula is C21H18FN7. The molecule has 0 amide bonds. The van der Waals surface area contributed by atoms with Gasteiger partial charge in [-0.3, -0.25) is 4.98 Å². The zero-order valence-corrected chi connectivity index (χ0v) is 15.7. The molecule has 8 heteroatoms. The van der Waals surface area contributed by atoms with Crippen molar-refractivity contribution in [1.82, 2.24) is 29.9 Å². The number of fused-ring (bicyclic) bond motifs is 2. The zero-order valence-electron chi connectivity index (χ0n) is 15.7. The molecule has 1 aromatic carbocycles. The third-order valence-electron chi connectivity index (χ3n) is 4.43. The van der Waals surface area contributed by atoms with Crippen LogP contribution in [-0.4, -0.2) is 29.9 Å². The molecule has 5 aromatic rings. The van der Waals surface area contributed by atoms with E-state index in [1.54, 1.807) is 18.5 Å². The van der Waals surface area contributed by atoms with E-state index in [0.717, 1.165) is 28.6 Å². The summed E-state index contributed by atoms with van der Waals surface area (Å²) in [5, 5.41) is 0.964. The van der Waals surface area contributed by atoms with Crippen LogP contribution in [-0.2, 0) is 6.42 Å². The molecule has 0 spiro atoms. The summed E-state index contributed by atoms with van der Waals surface area (Å²) in [6, 6.07) is 10.6. The molecule has 29 heavy (non-hydrogen) atoms. The van der Waals surface area contributed by atoms with Gasteiger partial charge < -0.3 is 10.7 Å². The fourth-order valence-corrected chi connectivity index (χ4v) is 2.99. The minimum atomic E-state index is -0.263. The Morgan fingerprint density at radius 3 is 2.76 bits per heavy atom. The maximum atomic E-state index is 13.3. The van der Waals surface area contributed by atoms with E-state index in [9.17, 15) is 4.39 Å². The van der Waals surface area contributed by atoms with E-state index in [1.165, 1.54) is 24.8 Å². The van der Waals surface area contributed by atoms with Gasteiger partial charge in [-0.1, -0.05) is 6.92 Å². The summed E-state index contributed by atoms with van der Waals surface area (Å²) < 4.78 is 13.3. The number of nitrogens with one attached hydrogen (secondary N) is 1. The molecule has 0 atom stereocenters. The molecule has 0 unspecified atom stereocenters. The summed E-state index contributed by atoms with van der Waals surface area (Å²) in [5.74, 6) is 0.170. The van der Waals surface area contributed by atoms with Gasteiger partial charge in [-0.15, -0.1) is 0 Å². The largest absolute Gasteiger partial charge is 0.382 e. The number of rotatable bonds is 2. The highest BCUT2D eigenvalue weighted by molar-refractivity contribution is 5.83. The number of aromatic amines is 1. The first-order valence-corrected chi connectivity index (χ1v) is 9.05. The van der Waals surface area contributed by atoms with Crippen LogP contribution >= 0.6 is 0 Å². The Balaban J connectivity index is 0.000000171. The Labute approximate surface area is 165 Å². The average Bonchev–Trinajstić information content (AvgIpc) is 3.24. The molecule has 0 aliphatic heterocycles. The number of H-pyrrole nitrogens is 1. The molecule has 0 saturated carbocycles. The second-order valence-corrected chi connectivity index (χ2v) is 6.29. The van der Waals surface area contributed by atoms with E-state index in [2.05, 4.69) is 42.9 Å². The Hall–Kier alpha value is -3.94. The average molecular weight is 387 g/mol. The fraction of sp³-hybridized carbons (Fsp3) is 0.0952. The van der Waals surface area contributed by atoms with Crippen LogP contribution in [0.1, 0.15) is 12.5 Å². The molecular weight excluding hydrogens is 369 g/mol. The summed E-state index contributed by atoms with van der Waals surface area (Å²) in [4.78, 5) is 23.1. The monoisotopic (exact) mass is 387 g/mol. The van der Waals surface area contributed by atoms with E-state index in [0.29, 0.717) is 22.5 Å². The van der Waals surface area contributed by atoms with Crippen LogP contribution < -0.4 is 5.73 Å². The highest BCUT2D eigenvalue weighted by Gasteiger charge is 2.08. The molecule has 5 rings (SSSR count). The number of aryl methyl sites for hydroxylation is 1. The van der Waals surface area contributed by atoms with Crippen molar-refractivity contribution in [3.05, 3.63) is 72.8 Å². The third-order valence-corrected chi connectivity index (χ3v) is 4.43. The Kier molecular flexibility index (Phi) is 5.07. The number of nitrogen functional groups attached to an aromatic ring is 1. The second kappa shape index (κ2) is 7.97. The van der Waals surface area contributed by atoms with Crippen molar-refractivity contribution < 1.29 is 4.39 Å². The van der Waals surface area contributed by atoms with Crippen LogP contribution in [0.2, 0.25) is 0 Å². The van der Waals surface area contributed by atoms with Crippen LogP contribution in [0.4, 0.5) is 10.2 Å². The lowest BCUT2D eigenvalue weighted by Crippen LogP contribution is -1.94. The molecule has 7 nitrogen and oxygen atoms in total. The van der Waals surface area contributed by atoms with Gasteiger partial charge in [-0.05, 0) is 42.3 Å². The lowest BCUT2D eigenvalue weighted by atomic mass is 10.0. The molecule has 0 bridgehead atoms. The highest BCUT2D eigenvalue weighted by Crippen LogP contribution is 2.26. The maximum Gasteiger partial charge on any atom is 0.182 e. The van der Waals surface area contributed by atoms with Crippen molar-refractivity contribution in [2.75, 3.05) is 5.73 Å².